The fourth-order valence-corrected chi connectivity index (χ4v) is 3.89. The number of carbonyl (C=O) groups excluding carboxylic acids is 1. The lowest BCUT2D eigenvalue weighted by atomic mass is 9.77. The molecule has 0 saturated heterocycles. The fourth-order valence-electron chi connectivity index (χ4n) is 3.89. The van der Waals surface area contributed by atoms with E-state index in [2.05, 4.69) is 16.6 Å². The van der Waals surface area contributed by atoms with Crippen molar-refractivity contribution in [3.8, 4) is 5.75 Å². The zero-order chi connectivity index (χ0) is 29.5. The van der Waals surface area contributed by atoms with Crippen LogP contribution in [0, 0.1) is 11.6 Å². The summed E-state index contributed by atoms with van der Waals surface area (Å²) in [5.41, 5.74) is 3.74. The van der Waals surface area contributed by atoms with E-state index in [1.807, 2.05) is 0 Å². The van der Waals surface area contributed by atoms with Crippen LogP contribution in [0.5, 0.6) is 5.75 Å². The molecule has 0 spiro atoms. The van der Waals surface area contributed by atoms with Gasteiger partial charge in [0.2, 0.25) is 0 Å². The minimum absolute atomic E-state index is 0.136. The van der Waals surface area contributed by atoms with Gasteiger partial charge in [0.05, 0.1) is 5.54 Å². The van der Waals surface area contributed by atoms with E-state index < -0.39 is 52.8 Å². The van der Waals surface area contributed by atoms with E-state index in [4.69, 9.17) is 5.73 Å². The number of hydrogen-bond donors (Lipinski definition) is 3. The molecule has 1 amide bonds. The summed E-state index contributed by atoms with van der Waals surface area (Å²) in [7, 11) is 0. The van der Waals surface area contributed by atoms with Crippen LogP contribution in [0.4, 0.5) is 26.3 Å². The number of aliphatic hydroxyl groups excluding tert-OH is 1. The molecule has 4 N–H and O–H groups in total. The number of aliphatic hydroxyl groups is 1. The molecule has 3 aromatic rings. The minimum Gasteiger partial charge on any atom is -0.506 e. The van der Waals surface area contributed by atoms with Crippen LogP contribution < -0.4 is 15.8 Å². The first-order chi connectivity index (χ1) is 18.9. The van der Waals surface area contributed by atoms with Gasteiger partial charge < -0.3 is 20.9 Å². The third-order valence-corrected chi connectivity index (χ3v) is 5.76. The Hall–Kier alpha value is -4.67. The zero-order valence-corrected chi connectivity index (χ0v) is 20.8. The summed E-state index contributed by atoms with van der Waals surface area (Å²) in [6, 6.07) is 15.1. The molecule has 210 valence electrons. The van der Waals surface area contributed by atoms with Crippen molar-refractivity contribution in [2.45, 2.75) is 24.5 Å². The van der Waals surface area contributed by atoms with Gasteiger partial charge in [0, 0.05) is 12.5 Å². The monoisotopic (exact) mass is 562 g/mol. The highest BCUT2D eigenvalue weighted by Crippen LogP contribution is 2.38. The average Bonchev–Trinajstić information content (AvgIpc) is 2.91. The maximum atomic E-state index is 14.8. The normalized spacial score (nSPS) is 14.0. The van der Waals surface area contributed by atoms with E-state index in [-0.39, 0.29) is 17.5 Å². The Kier molecular flexibility index (Phi) is 9.31. The molecule has 40 heavy (non-hydrogen) atoms. The first kappa shape index (κ1) is 29.9. The number of hydrogen-bond acceptors (Lipinski definition) is 4. The van der Waals surface area contributed by atoms with Crippen LogP contribution in [-0.2, 0) is 16.8 Å². The van der Waals surface area contributed by atoms with Gasteiger partial charge in [-0.05, 0) is 47.0 Å². The number of amides is 1. The van der Waals surface area contributed by atoms with E-state index >= 15 is 0 Å². The number of nitrogens with one attached hydrogen (secondary N) is 1. The van der Waals surface area contributed by atoms with Crippen molar-refractivity contribution in [3.05, 3.63) is 137 Å². The molecular formula is C29H24F6N2O3. The molecule has 11 heteroatoms. The quantitative estimate of drug-likeness (QED) is 0.111. The number of benzene rings is 3. The third kappa shape index (κ3) is 7.04. The molecule has 0 heterocycles. The molecule has 0 aliphatic carbocycles. The second-order valence-electron chi connectivity index (χ2n) is 8.56. The third-order valence-electron chi connectivity index (χ3n) is 5.76. The molecule has 3 rings (SSSR count). The van der Waals surface area contributed by atoms with Crippen molar-refractivity contribution in [2.75, 3.05) is 0 Å². The minimum atomic E-state index is -4.96. The highest BCUT2D eigenvalue weighted by atomic mass is 19.3. The van der Waals surface area contributed by atoms with Crippen molar-refractivity contribution >= 4 is 5.91 Å². The van der Waals surface area contributed by atoms with Gasteiger partial charge in [-0.25, -0.2) is 8.78 Å². The van der Waals surface area contributed by atoms with Crippen molar-refractivity contribution < 1.29 is 41.0 Å². The molecule has 0 aliphatic rings. The smallest absolute Gasteiger partial charge is 0.461 e. The van der Waals surface area contributed by atoms with Gasteiger partial charge in [0.1, 0.15) is 28.8 Å². The summed E-state index contributed by atoms with van der Waals surface area (Å²) < 4.78 is 86.0. The SMILES string of the molecule is C=C/C=C\C(O)=C(/N)C(=O)N[C@](Cc1ccccc1)(c1ccc(F)cc1)c1cc(F)cc(OC(F)(F)C(F)F)c1. The molecule has 0 radical (unpaired) electrons. The van der Waals surface area contributed by atoms with Crippen LogP contribution in [0.3, 0.4) is 0 Å². The fraction of sp³-hybridized carbons (Fsp3) is 0.138. The van der Waals surface area contributed by atoms with Crippen LogP contribution in [-0.4, -0.2) is 23.5 Å². The molecule has 3 aromatic carbocycles. The molecular weight excluding hydrogens is 538 g/mol. The lowest BCUT2D eigenvalue weighted by Crippen LogP contribution is -2.50. The standard InChI is InChI=1S/C29H24F6N2O3/c1-2-3-9-24(38)25(36)26(39)37-28(17-18-7-5-4-6-8-18,19-10-12-21(30)13-11-19)20-14-22(31)16-23(15-20)40-29(34,35)27(32)33/h2-16,27,38H,1,17,36H2,(H,37,39)/b9-3-,25-24+/t28-/m1/s1. The van der Waals surface area contributed by atoms with Gasteiger partial charge in [-0.2, -0.15) is 17.6 Å². The molecule has 0 saturated carbocycles. The predicted molar refractivity (Wildman–Crippen MR) is 137 cm³/mol. The van der Waals surface area contributed by atoms with Crippen molar-refractivity contribution in [3.63, 3.8) is 0 Å². The highest BCUT2D eigenvalue weighted by molar-refractivity contribution is 5.94. The Morgan fingerprint density at radius 2 is 1.65 bits per heavy atom. The molecule has 0 bridgehead atoms. The second kappa shape index (κ2) is 12.5. The van der Waals surface area contributed by atoms with E-state index in [0.29, 0.717) is 11.6 Å². The summed E-state index contributed by atoms with van der Waals surface area (Å²) in [6.07, 6.45) is -5.67. The number of halogens is 6. The number of ether oxygens (including phenoxy) is 1. The summed E-state index contributed by atoms with van der Waals surface area (Å²) in [5.74, 6) is -4.50. The second-order valence-corrected chi connectivity index (χ2v) is 8.56. The van der Waals surface area contributed by atoms with Crippen LogP contribution in [0.25, 0.3) is 0 Å². The number of alkyl halides is 4. The summed E-state index contributed by atoms with van der Waals surface area (Å²) in [5, 5.41) is 12.8. The predicted octanol–water partition coefficient (Wildman–Crippen LogP) is 6.27. The topological polar surface area (TPSA) is 84.6 Å². The Morgan fingerprint density at radius 3 is 2.25 bits per heavy atom. The van der Waals surface area contributed by atoms with Crippen LogP contribution in [0.15, 0.2) is 109 Å². The van der Waals surface area contributed by atoms with Crippen molar-refractivity contribution in [1.29, 1.82) is 0 Å². The lowest BCUT2D eigenvalue weighted by molar-refractivity contribution is -0.253. The molecule has 0 aromatic heterocycles. The van der Waals surface area contributed by atoms with Crippen LogP contribution in [0.2, 0.25) is 0 Å². The Bertz CT molecular complexity index is 1410. The van der Waals surface area contributed by atoms with Gasteiger partial charge in [0.25, 0.3) is 5.91 Å². The molecule has 0 unspecified atom stereocenters. The highest BCUT2D eigenvalue weighted by Gasteiger charge is 2.45. The molecule has 5 nitrogen and oxygen atoms in total. The summed E-state index contributed by atoms with van der Waals surface area (Å²) >= 11 is 0. The summed E-state index contributed by atoms with van der Waals surface area (Å²) in [4.78, 5) is 13.3. The number of allylic oxidation sites excluding steroid dienone is 3. The lowest BCUT2D eigenvalue weighted by Gasteiger charge is -2.37. The van der Waals surface area contributed by atoms with E-state index in [1.54, 1.807) is 30.3 Å². The van der Waals surface area contributed by atoms with Gasteiger partial charge in [-0.15, -0.1) is 0 Å². The molecule has 0 aliphatic heterocycles. The van der Waals surface area contributed by atoms with Crippen molar-refractivity contribution in [1.82, 2.24) is 5.32 Å². The van der Waals surface area contributed by atoms with Crippen LogP contribution >= 0.6 is 0 Å². The molecule has 1 atom stereocenters. The molecule has 0 fully saturated rings. The zero-order valence-electron chi connectivity index (χ0n) is 20.8. The maximum Gasteiger partial charge on any atom is 0.461 e. The maximum absolute atomic E-state index is 14.8. The Labute approximate surface area is 225 Å². The Balaban J connectivity index is 2.30. The number of nitrogens with two attached hydrogens (primary N) is 1. The Morgan fingerprint density at radius 1 is 1.00 bits per heavy atom. The van der Waals surface area contributed by atoms with Crippen molar-refractivity contribution in [2.24, 2.45) is 5.73 Å². The van der Waals surface area contributed by atoms with Gasteiger partial charge in [-0.1, -0.05) is 61.2 Å². The van der Waals surface area contributed by atoms with Crippen LogP contribution in [0.1, 0.15) is 16.7 Å². The van der Waals surface area contributed by atoms with E-state index in [9.17, 15) is 36.2 Å². The number of carbonyl (C=O) groups is 1. The average molecular weight is 563 g/mol. The van der Waals surface area contributed by atoms with E-state index in [1.165, 1.54) is 24.3 Å². The first-order valence-electron chi connectivity index (χ1n) is 11.6. The van der Waals surface area contributed by atoms with Gasteiger partial charge in [0.15, 0.2) is 0 Å². The largest absolute Gasteiger partial charge is 0.506 e. The van der Waals surface area contributed by atoms with Gasteiger partial charge in [-0.3, -0.25) is 4.79 Å². The van der Waals surface area contributed by atoms with Gasteiger partial charge >= 0.3 is 12.5 Å². The van der Waals surface area contributed by atoms with E-state index in [0.717, 1.165) is 30.3 Å². The number of rotatable bonds is 11. The first-order valence-corrected chi connectivity index (χ1v) is 11.6. The summed E-state index contributed by atoms with van der Waals surface area (Å²) in [6.45, 7) is 3.44.